The first-order chi connectivity index (χ1) is 10.8. The third-order valence-electron chi connectivity index (χ3n) is 4.88. The third-order valence-corrected chi connectivity index (χ3v) is 4.88. The Kier molecular flexibility index (Phi) is 5.82. The van der Waals surface area contributed by atoms with Gasteiger partial charge in [0.2, 0.25) is 0 Å². The quantitative estimate of drug-likeness (QED) is 0.908. The minimum atomic E-state index is 0.161. The molecule has 3 heterocycles. The van der Waals surface area contributed by atoms with Gasteiger partial charge < -0.3 is 14.8 Å². The van der Waals surface area contributed by atoms with Crippen LogP contribution in [0.25, 0.3) is 0 Å². The van der Waals surface area contributed by atoms with Crippen molar-refractivity contribution in [2.24, 2.45) is 5.92 Å². The van der Waals surface area contributed by atoms with Crippen LogP contribution in [-0.2, 0) is 9.47 Å². The number of ether oxygens (including phenoxy) is 2. The fourth-order valence-electron chi connectivity index (χ4n) is 3.75. The second-order valence-electron chi connectivity index (χ2n) is 6.68. The molecule has 0 unspecified atom stereocenters. The zero-order chi connectivity index (χ0) is 15.2. The van der Waals surface area contributed by atoms with Crippen LogP contribution in [0.5, 0.6) is 0 Å². The molecule has 0 aliphatic carbocycles. The molecule has 1 aromatic rings. The number of hydrogen-bond acceptors (Lipinski definition) is 4. The van der Waals surface area contributed by atoms with Crippen LogP contribution >= 0.6 is 0 Å². The summed E-state index contributed by atoms with van der Waals surface area (Å²) < 4.78 is 11.5. The van der Waals surface area contributed by atoms with Crippen LogP contribution in [0.3, 0.4) is 0 Å². The second kappa shape index (κ2) is 8.04. The average Bonchev–Trinajstić information content (AvgIpc) is 2.57. The van der Waals surface area contributed by atoms with Gasteiger partial charge in [-0.15, -0.1) is 0 Å². The van der Waals surface area contributed by atoms with Crippen molar-refractivity contribution in [3.05, 3.63) is 30.1 Å². The first-order valence-corrected chi connectivity index (χ1v) is 8.68. The maximum Gasteiger partial charge on any atom is 0.0978 e. The molecule has 2 fully saturated rings. The minimum Gasteiger partial charge on any atom is -0.381 e. The topological polar surface area (TPSA) is 43.4 Å². The van der Waals surface area contributed by atoms with Gasteiger partial charge in [-0.05, 0) is 62.6 Å². The fraction of sp³-hybridized carbons (Fsp3) is 0.722. The molecule has 122 valence electrons. The Morgan fingerprint density at radius 2 is 1.95 bits per heavy atom. The van der Waals surface area contributed by atoms with Crippen LogP contribution in [0.1, 0.15) is 50.7 Å². The Morgan fingerprint density at radius 3 is 2.73 bits per heavy atom. The van der Waals surface area contributed by atoms with Crippen molar-refractivity contribution in [1.29, 1.82) is 0 Å². The van der Waals surface area contributed by atoms with Crippen LogP contribution in [0.4, 0.5) is 0 Å². The SMILES string of the molecule is C[C@@H](CC1CCOCC1)N[C@H]1CCCO[C@@H]1c1ccncc1. The molecule has 4 heteroatoms. The number of pyridine rings is 1. The zero-order valence-electron chi connectivity index (χ0n) is 13.5. The number of hydrogen-bond donors (Lipinski definition) is 1. The molecule has 0 aromatic carbocycles. The van der Waals surface area contributed by atoms with Crippen LogP contribution in [0.15, 0.2) is 24.5 Å². The highest BCUT2D eigenvalue weighted by Gasteiger charge is 2.29. The molecular formula is C18H28N2O2. The van der Waals surface area contributed by atoms with Crippen LogP contribution in [-0.4, -0.2) is 36.9 Å². The van der Waals surface area contributed by atoms with E-state index < -0.39 is 0 Å². The Balaban J connectivity index is 1.56. The van der Waals surface area contributed by atoms with Gasteiger partial charge in [-0.3, -0.25) is 4.98 Å². The molecule has 0 bridgehead atoms. The van der Waals surface area contributed by atoms with Crippen molar-refractivity contribution in [2.75, 3.05) is 19.8 Å². The summed E-state index contributed by atoms with van der Waals surface area (Å²) in [6.45, 7) is 5.04. The monoisotopic (exact) mass is 304 g/mol. The van der Waals surface area contributed by atoms with Gasteiger partial charge in [-0.2, -0.15) is 0 Å². The van der Waals surface area contributed by atoms with Crippen LogP contribution in [0.2, 0.25) is 0 Å². The van der Waals surface area contributed by atoms with Crippen molar-refractivity contribution in [1.82, 2.24) is 10.3 Å². The molecule has 0 amide bonds. The maximum absolute atomic E-state index is 6.06. The van der Waals surface area contributed by atoms with Gasteiger partial charge in [0.15, 0.2) is 0 Å². The number of rotatable bonds is 5. The third kappa shape index (κ3) is 4.28. The number of nitrogens with zero attached hydrogens (tertiary/aromatic N) is 1. The van der Waals surface area contributed by atoms with Gasteiger partial charge in [0.1, 0.15) is 0 Å². The van der Waals surface area contributed by atoms with E-state index in [1.54, 1.807) is 0 Å². The van der Waals surface area contributed by atoms with E-state index in [1.807, 2.05) is 12.4 Å². The normalized spacial score (nSPS) is 28.4. The molecular weight excluding hydrogens is 276 g/mol. The highest BCUT2D eigenvalue weighted by atomic mass is 16.5. The van der Waals surface area contributed by atoms with Crippen LogP contribution in [0, 0.1) is 5.92 Å². The largest absolute Gasteiger partial charge is 0.381 e. The molecule has 2 saturated heterocycles. The molecule has 1 aromatic heterocycles. The van der Waals surface area contributed by atoms with E-state index in [2.05, 4.69) is 29.4 Å². The molecule has 22 heavy (non-hydrogen) atoms. The van der Waals surface area contributed by atoms with Gasteiger partial charge >= 0.3 is 0 Å². The predicted octanol–water partition coefficient (Wildman–Crippen LogP) is 3.10. The molecule has 0 saturated carbocycles. The Labute approximate surface area is 133 Å². The number of nitrogens with one attached hydrogen (secondary N) is 1. The Morgan fingerprint density at radius 1 is 1.18 bits per heavy atom. The van der Waals surface area contributed by atoms with E-state index in [0.29, 0.717) is 12.1 Å². The Bertz CT molecular complexity index is 434. The fourth-order valence-corrected chi connectivity index (χ4v) is 3.75. The summed E-state index contributed by atoms with van der Waals surface area (Å²) in [4.78, 5) is 4.12. The average molecular weight is 304 g/mol. The smallest absolute Gasteiger partial charge is 0.0978 e. The summed E-state index contributed by atoms with van der Waals surface area (Å²) >= 11 is 0. The molecule has 0 spiro atoms. The van der Waals surface area contributed by atoms with Gasteiger partial charge in [0, 0.05) is 44.3 Å². The van der Waals surface area contributed by atoms with Crippen molar-refractivity contribution in [3.63, 3.8) is 0 Å². The standard InChI is InChI=1S/C18H28N2O2/c1-14(13-15-6-11-21-12-7-15)20-17-3-2-10-22-18(17)16-4-8-19-9-5-16/h4-5,8-9,14-15,17-18,20H,2-3,6-7,10-13H2,1H3/t14-,17-,18+/m0/s1. The summed E-state index contributed by atoms with van der Waals surface area (Å²) in [6.07, 6.45) is 9.86. The van der Waals surface area contributed by atoms with Crippen molar-refractivity contribution in [3.8, 4) is 0 Å². The van der Waals surface area contributed by atoms with Crippen LogP contribution < -0.4 is 5.32 Å². The lowest BCUT2D eigenvalue weighted by molar-refractivity contribution is -0.0150. The van der Waals surface area contributed by atoms with Crippen molar-refractivity contribution in [2.45, 2.75) is 57.2 Å². The predicted molar refractivity (Wildman–Crippen MR) is 86.7 cm³/mol. The molecule has 3 atom stereocenters. The summed E-state index contributed by atoms with van der Waals surface area (Å²) in [5.74, 6) is 0.806. The lowest BCUT2D eigenvalue weighted by Crippen LogP contribution is -2.44. The van der Waals surface area contributed by atoms with E-state index in [0.717, 1.165) is 32.2 Å². The van der Waals surface area contributed by atoms with E-state index in [-0.39, 0.29) is 6.10 Å². The van der Waals surface area contributed by atoms with E-state index >= 15 is 0 Å². The van der Waals surface area contributed by atoms with Crippen molar-refractivity contribution >= 4 is 0 Å². The van der Waals surface area contributed by atoms with Gasteiger partial charge in [-0.1, -0.05) is 0 Å². The van der Waals surface area contributed by atoms with Crippen molar-refractivity contribution < 1.29 is 9.47 Å². The lowest BCUT2D eigenvalue weighted by Gasteiger charge is -2.36. The van der Waals surface area contributed by atoms with Gasteiger partial charge in [-0.25, -0.2) is 0 Å². The highest BCUT2D eigenvalue weighted by molar-refractivity contribution is 5.16. The minimum absolute atomic E-state index is 0.161. The van der Waals surface area contributed by atoms with E-state index in [4.69, 9.17) is 9.47 Å². The summed E-state index contributed by atoms with van der Waals surface area (Å²) in [5.41, 5.74) is 1.24. The molecule has 2 aliphatic heterocycles. The second-order valence-corrected chi connectivity index (χ2v) is 6.68. The summed E-state index contributed by atoms with van der Waals surface area (Å²) in [5, 5.41) is 3.83. The van der Waals surface area contributed by atoms with E-state index in [1.165, 1.54) is 31.2 Å². The molecule has 1 N–H and O–H groups in total. The first-order valence-electron chi connectivity index (χ1n) is 8.68. The Hall–Kier alpha value is -0.970. The highest BCUT2D eigenvalue weighted by Crippen LogP contribution is 2.29. The summed E-state index contributed by atoms with van der Waals surface area (Å²) in [6, 6.07) is 5.09. The molecule has 4 nitrogen and oxygen atoms in total. The molecule has 2 aliphatic rings. The van der Waals surface area contributed by atoms with Gasteiger partial charge in [0.25, 0.3) is 0 Å². The zero-order valence-corrected chi connectivity index (χ0v) is 13.5. The molecule has 3 rings (SSSR count). The van der Waals surface area contributed by atoms with E-state index in [9.17, 15) is 0 Å². The number of aromatic nitrogens is 1. The molecule has 0 radical (unpaired) electrons. The lowest BCUT2D eigenvalue weighted by atomic mass is 9.91. The first kappa shape index (κ1) is 15.9. The summed E-state index contributed by atoms with van der Waals surface area (Å²) in [7, 11) is 0. The van der Waals surface area contributed by atoms with Gasteiger partial charge in [0.05, 0.1) is 6.10 Å². The maximum atomic E-state index is 6.06.